The van der Waals surface area contributed by atoms with Gasteiger partial charge >= 0.3 is 6.09 Å². The highest BCUT2D eigenvalue weighted by Gasteiger charge is 2.35. The van der Waals surface area contributed by atoms with Crippen molar-refractivity contribution in [3.63, 3.8) is 0 Å². The molecule has 8 nitrogen and oxygen atoms in total. The maximum Gasteiger partial charge on any atom is 0.410 e. The number of piperidine rings is 1. The highest BCUT2D eigenvalue weighted by molar-refractivity contribution is 6.42. The van der Waals surface area contributed by atoms with Crippen LogP contribution in [0.25, 0.3) is 0 Å². The first-order valence-electron chi connectivity index (χ1n) is 9.27. The number of carbonyl (C=O) groups excluding carboxylic acids is 4. The van der Waals surface area contributed by atoms with E-state index < -0.39 is 48.9 Å². The quantitative estimate of drug-likeness (QED) is 0.615. The van der Waals surface area contributed by atoms with Crippen molar-refractivity contribution in [2.45, 2.75) is 44.4 Å². The van der Waals surface area contributed by atoms with Gasteiger partial charge in [0.1, 0.15) is 19.3 Å². The van der Waals surface area contributed by atoms with Crippen LogP contribution in [-0.2, 0) is 25.7 Å². The minimum atomic E-state index is -1.38. The number of hydrogen-bond acceptors (Lipinski definition) is 5. The second kappa shape index (κ2) is 11.1. The van der Waals surface area contributed by atoms with Crippen molar-refractivity contribution in [3.8, 4) is 0 Å². The number of benzene rings is 1. The lowest BCUT2D eigenvalue weighted by Gasteiger charge is -2.34. The van der Waals surface area contributed by atoms with Gasteiger partial charge in [-0.2, -0.15) is 0 Å². The number of amides is 3. The van der Waals surface area contributed by atoms with Crippen LogP contribution in [-0.4, -0.2) is 53.9 Å². The number of Topliss-reactive ketones (excluding diaryl/α,β-unsaturated/α-hetero) is 1. The second-order valence-electron chi connectivity index (χ2n) is 6.84. The fraction of sp³-hybridized carbons (Fsp3) is 0.474. The monoisotopic (exact) mass is 461 g/mol. The average molecular weight is 462 g/mol. The highest BCUT2D eigenvalue weighted by atomic mass is 35.5. The lowest BCUT2D eigenvalue weighted by Crippen LogP contribution is -2.55. The van der Waals surface area contributed by atoms with Crippen molar-refractivity contribution in [2.75, 3.05) is 13.2 Å². The average Bonchev–Trinajstić information content (AvgIpc) is 2.72. The molecule has 1 aliphatic rings. The molecule has 1 aromatic rings. The van der Waals surface area contributed by atoms with Crippen LogP contribution >= 0.6 is 23.2 Å². The molecular weight excluding hydrogens is 440 g/mol. The Bertz CT molecular complexity index is 823. The molecule has 0 saturated carbocycles. The Morgan fingerprint density at radius 2 is 1.97 bits per heavy atom. The van der Waals surface area contributed by atoms with Crippen LogP contribution in [0, 0.1) is 0 Å². The minimum Gasteiger partial charge on any atom is -0.445 e. The van der Waals surface area contributed by atoms with E-state index in [9.17, 15) is 23.6 Å². The van der Waals surface area contributed by atoms with E-state index in [0.717, 1.165) is 0 Å². The number of rotatable bonds is 8. The summed E-state index contributed by atoms with van der Waals surface area (Å²) in [5, 5.41) is 3.02. The molecular formula is C19H22Cl2FN3O5. The standard InChI is InChI=1S/C19H22Cl2FN3O5/c20-12-5-4-11(7-13(12)21)10-30-19(29)25-6-2-1-3-15(25)18(28)24-14(8-17(23)27)16(26)9-22/h4-5,7,14-15H,1-3,6,8-10H2,(H2,23,27)(H,24,28). The molecule has 2 unspecified atom stereocenters. The third kappa shape index (κ3) is 6.56. The van der Waals surface area contributed by atoms with E-state index in [-0.39, 0.29) is 13.2 Å². The zero-order chi connectivity index (χ0) is 22.3. The van der Waals surface area contributed by atoms with Crippen molar-refractivity contribution < 1.29 is 28.3 Å². The molecule has 0 radical (unpaired) electrons. The zero-order valence-electron chi connectivity index (χ0n) is 16.0. The van der Waals surface area contributed by atoms with Crippen molar-refractivity contribution in [1.82, 2.24) is 10.2 Å². The Morgan fingerprint density at radius 1 is 1.23 bits per heavy atom. The fourth-order valence-corrected chi connectivity index (χ4v) is 3.41. The first-order chi connectivity index (χ1) is 14.2. The molecule has 1 saturated heterocycles. The molecule has 11 heteroatoms. The van der Waals surface area contributed by atoms with Crippen molar-refractivity contribution >= 4 is 46.9 Å². The number of nitrogens with one attached hydrogen (secondary N) is 1. The maximum atomic E-state index is 12.7. The summed E-state index contributed by atoms with van der Waals surface area (Å²) in [5.41, 5.74) is 5.68. The third-order valence-electron chi connectivity index (χ3n) is 4.63. The number of ether oxygens (including phenoxy) is 1. The fourth-order valence-electron chi connectivity index (χ4n) is 3.09. The van der Waals surface area contributed by atoms with Gasteiger partial charge < -0.3 is 15.8 Å². The third-order valence-corrected chi connectivity index (χ3v) is 5.37. The first kappa shape index (κ1) is 23.9. The Hall–Kier alpha value is -2.39. The number of primary amides is 1. The molecule has 0 aliphatic carbocycles. The number of alkyl halides is 1. The molecule has 164 valence electrons. The molecule has 0 bridgehead atoms. The Morgan fingerprint density at radius 3 is 2.60 bits per heavy atom. The number of hydrogen-bond donors (Lipinski definition) is 2. The Kier molecular flexibility index (Phi) is 8.86. The van der Waals surface area contributed by atoms with Gasteiger partial charge in [-0.05, 0) is 37.0 Å². The van der Waals surface area contributed by atoms with Gasteiger partial charge in [-0.1, -0.05) is 29.3 Å². The van der Waals surface area contributed by atoms with Crippen LogP contribution in [0.4, 0.5) is 9.18 Å². The van der Waals surface area contributed by atoms with Crippen LogP contribution in [0.1, 0.15) is 31.2 Å². The normalized spacial score (nSPS) is 17.2. The predicted octanol–water partition coefficient (Wildman–Crippen LogP) is 2.38. The van der Waals surface area contributed by atoms with E-state index in [0.29, 0.717) is 34.9 Å². The maximum absolute atomic E-state index is 12.7. The van der Waals surface area contributed by atoms with E-state index in [1.54, 1.807) is 18.2 Å². The molecule has 1 aromatic carbocycles. The summed E-state index contributed by atoms with van der Waals surface area (Å²) < 4.78 is 18.0. The lowest BCUT2D eigenvalue weighted by molar-refractivity contribution is -0.133. The number of halogens is 3. The molecule has 1 heterocycles. The summed E-state index contributed by atoms with van der Waals surface area (Å²) in [6.07, 6.45) is 0.430. The van der Waals surface area contributed by atoms with E-state index >= 15 is 0 Å². The van der Waals surface area contributed by atoms with E-state index in [1.807, 2.05) is 0 Å². The summed E-state index contributed by atoms with van der Waals surface area (Å²) in [7, 11) is 0. The Balaban J connectivity index is 2.03. The molecule has 30 heavy (non-hydrogen) atoms. The number of nitrogens with two attached hydrogens (primary N) is 1. The molecule has 2 rings (SSSR count). The summed E-state index contributed by atoms with van der Waals surface area (Å²) in [5.74, 6) is -2.50. The predicted molar refractivity (Wildman–Crippen MR) is 108 cm³/mol. The van der Waals surface area contributed by atoms with Gasteiger partial charge in [0.15, 0.2) is 5.78 Å². The number of likely N-dealkylation sites (tertiary alicyclic amines) is 1. The van der Waals surface area contributed by atoms with Gasteiger partial charge in [0.05, 0.1) is 22.5 Å². The number of carbonyl (C=O) groups is 4. The lowest BCUT2D eigenvalue weighted by atomic mass is 10.0. The van der Waals surface area contributed by atoms with Crippen molar-refractivity contribution in [3.05, 3.63) is 33.8 Å². The zero-order valence-corrected chi connectivity index (χ0v) is 17.5. The van der Waals surface area contributed by atoms with Gasteiger partial charge in [0.25, 0.3) is 0 Å². The summed E-state index contributed by atoms with van der Waals surface area (Å²) in [6.45, 7) is -1.15. The van der Waals surface area contributed by atoms with Crippen LogP contribution in [0.5, 0.6) is 0 Å². The molecule has 2 atom stereocenters. The van der Waals surface area contributed by atoms with Crippen LogP contribution < -0.4 is 11.1 Å². The number of nitrogens with zero attached hydrogens (tertiary/aromatic N) is 1. The van der Waals surface area contributed by atoms with Crippen LogP contribution in [0.2, 0.25) is 10.0 Å². The van der Waals surface area contributed by atoms with Crippen LogP contribution in [0.15, 0.2) is 18.2 Å². The minimum absolute atomic E-state index is 0.0782. The van der Waals surface area contributed by atoms with Crippen molar-refractivity contribution in [1.29, 1.82) is 0 Å². The van der Waals surface area contributed by atoms with Gasteiger partial charge in [-0.3, -0.25) is 19.3 Å². The van der Waals surface area contributed by atoms with Crippen LogP contribution in [0.3, 0.4) is 0 Å². The smallest absolute Gasteiger partial charge is 0.410 e. The summed E-state index contributed by atoms with van der Waals surface area (Å²) in [6, 6.07) is 2.50. The number of ketones is 1. The molecule has 1 aliphatic heterocycles. The molecule has 1 fully saturated rings. The molecule has 0 aromatic heterocycles. The summed E-state index contributed by atoms with van der Waals surface area (Å²) in [4.78, 5) is 49.3. The highest BCUT2D eigenvalue weighted by Crippen LogP contribution is 2.24. The van der Waals surface area contributed by atoms with E-state index in [1.165, 1.54) is 4.90 Å². The second-order valence-corrected chi connectivity index (χ2v) is 7.65. The molecule has 3 N–H and O–H groups in total. The largest absolute Gasteiger partial charge is 0.445 e. The van der Waals surface area contributed by atoms with Gasteiger partial charge in [-0.25, -0.2) is 9.18 Å². The van der Waals surface area contributed by atoms with Gasteiger partial charge in [-0.15, -0.1) is 0 Å². The molecule has 3 amide bonds. The van der Waals surface area contributed by atoms with Gasteiger partial charge in [0.2, 0.25) is 11.8 Å². The topological polar surface area (TPSA) is 119 Å². The first-order valence-corrected chi connectivity index (χ1v) is 10.0. The van der Waals surface area contributed by atoms with Crippen molar-refractivity contribution in [2.24, 2.45) is 5.73 Å². The van der Waals surface area contributed by atoms with E-state index in [2.05, 4.69) is 5.32 Å². The SMILES string of the molecule is NC(=O)CC(NC(=O)C1CCCCN1C(=O)OCc1ccc(Cl)c(Cl)c1)C(=O)CF. The Labute approximate surface area is 182 Å². The summed E-state index contributed by atoms with van der Waals surface area (Å²) >= 11 is 11.8. The van der Waals surface area contributed by atoms with Gasteiger partial charge in [0, 0.05) is 6.54 Å². The molecule has 0 spiro atoms. The van der Waals surface area contributed by atoms with E-state index in [4.69, 9.17) is 33.7 Å².